The van der Waals surface area contributed by atoms with Crippen LogP contribution in [0.3, 0.4) is 0 Å². The average Bonchev–Trinajstić information content (AvgIpc) is 2.58. The van der Waals surface area contributed by atoms with E-state index in [1.807, 2.05) is 0 Å². The van der Waals surface area contributed by atoms with E-state index in [1.54, 1.807) is 0 Å². The molecular formula is C20H46O3. The molecule has 0 aliphatic carbocycles. The molecule has 0 radical (unpaired) electrons. The van der Waals surface area contributed by atoms with Crippen molar-refractivity contribution in [3.05, 3.63) is 0 Å². The lowest BCUT2D eigenvalue weighted by atomic mass is 10.1. The van der Waals surface area contributed by atoms with Gasteiger partial charge in [0.25, 0.3) is 0 Å². The molecule has 3 heteroatoms. The Morgan fingerprint density at radius 3 is 0.913 bits per heavy atom. The molecule has 0 rings (SSSR count). The first kappa shape index (κ1) is 27.7. The fourth-order valence-corrected chi connectivity index (χ4v) is 1.94. The van der Waals surface area contributed by atoms with Crippen LogP contribution in [-0.4, -0.2) is 36.6 Å². The first-order valence-electron chi connectivity index (χ1n) is 10.0. The largest absolute Gasteiger partial charge is 0.394 e. The number of unbranched alkanes of at least 4 members (excludes halogenated alkanes) is 10. The van der Waals surface area contributed by atoms with Gasteiger partial charge in [0.2, 0.25) is 0 Å². The van der Waals surface area contributed by atoms with Gasteiger partial charge in [-0.3, -0.25) is 0 Å². The van der Waals surface area contributed by atoms with E-state index in [9.17, 15) is 0 Å². The van der Waals surface area contributed by atoms with Crippen molar-refractivity contribution in [2.24, 2.45) is 0 Å². The Morgan fingerprint density at radius 2 is 0.739 bits per heavy atom. The Bertz CT molecular complexity index is 124. The minimum atomic E-state index is 0.0278. The van der Waals surface area contributed by atoms with Crippen molar-refractivity contribution >= 4 is 0 Å². The van der Waals surface area contributed by atoms with Crippen molar-refractivity contribution in [2.75, 3.05) is 26.4 Å². The lowest BCUT2D eigenvalue weighted by molar-refractivity contribution is 0.0650. The van der Waals surface area contributed by atoms with Crippen LogP contribution in [0.25, 0.3) is 0 Å². The SMILES string of the molecule is CCCCCCCC.CCCCCCCC.OCCOCCO. The van der Waals surface area contributed by atoms with E-state index in [0.717, 1.165) is 0 Å². The normalized spacial score (nSPS) is 9.65. The van der Waals surface area contributed by atoms with Gasteiger partial charge >= 0.3 is 0 Å². The maximum atomic E-state index is 8.09. The molecular weight excluding hydrogens is 288 g/mol. The van der Waals surface area contributed by atoms with Crippen LogP contribution in [0, 0.1) is 0 Å². The lowest BCUT2D eigenvalue weighted by Crippen LogP contribution is -2.03. The highest BCUT2D eigenvalue weighted by Crippen LogP contribution is 2.04. The van der Waals surface area contributed by atoms with Gasteiger partial charge in [-0.1, -0.05) is 105 Å². The van der Waals surface area contributed by atoms with Crippen LogP contribution >= 0.6 is 0 Å². The second-order valence-corrected chi connectivity index (χ2v) is 5.89. The van der Waals surface area contributed by atoms with E-state index in [-0.39, 0.29) is 13.2 Å². The molecule has 0 bridgehead atoms. The van der Waals surface area contributed by atoms with Crippen LogP contribution < -0.4 is 0 Å². The summed E-state index contributed by atoms with van der Waals surface area (Å²) in [6.07, 6.45) is 17.0. The first-order valence-corrected chi connectivity index (χ1v) is 10.0. The summed E-state index contributed by atoms with van der Waals surface area (Å²) in [7, 11) is 0. The second kappa shape index (κ2) is 33.5. The third-order valence-corrected chi connectivity index (χ3v) is 3.39. The molecule has 0 amide bonds. The lowest BCUT2D eigenvalue weighted by Gasteiger charge is -1.94. The van der Waals surface area contributed by atoms with Crippen molar-refractivity contribution in [1.29, 1.82) is 0 Å². The summed E-state index contributed by atoms with van der Waals surface area (Å²) >= 11 is 0. The molecule has 0 saturated heterocycles. The maximum Gasteiger partial charge on any atom is 0.0698 e. The molecule has 3 nitrogen and oxygen atoms in total. The Morgan fingerprint density at radius 1 is 0.478 bits per heavy atom. The van der Waals surface area contributed by atoms with E-state index in [4.69, 9.17) is 10.2 Å². The van der Waals surface area contributed by atoms with Gasteiger partial charge in [-0.2, -0.15) is 0 Å². The van der Waals surface area contributed by atoms with Crippen LogP contribution in [0.15, 0.2) is 0 Å². The molecule has 2 N–H and O–H groups in total. The maximum absolute atomic E-state index is 8.09. The Balaban J connectivity index is -0.000000262. The van der Waals surface area contributed by atoms with Gasteiger partial charge in [-0.15, -0.1) is 0 Å². The number of aliphatic hydroxyl groups excluding tert-OH is 2. The molecule has 0 aliphatic rings. The van der Waals surface area contributed by atoms with E-state index in [0.29, 0.717) is 13.2 Å². The highest BCUT2D eigenvalue weighted by atomic mass is 16.5. The molecule has 0 unspecified atom stereocenters. The Hall–Kier alpha value is -0.120. The van der Waals surface area contributed by atoms with Gasteiger partial charge < -0.3 is 14.9 Å². The smallest absolute Gasteiger partial charge is 0.0698 e. The summed E-state index contributed by atoms with van der Waals surface area (Å²) in [4.78, 5) is 0. The van der Waals surface area contributed by atoms with E-state index in [2.05, 4.69) is 32.4 Å². The summed E-state index contributed by atoms with van der Waals surface area (Å²) in [6, 6.07) is 0. The Kier molecular flexibility index (Phi) is 40.3. The quantitative estimate of drug-likeness (QED) is 0.399. The topological polar surface area (TPSA) is 49.7 Å². The fraction of sp³-hybridized carbons (Fsp3) is 1.00. The standard InChI is InChI=1S/2C8H18.C4H10O3/c2*1-3-5-7-8-6-4-2;5-1-3-7-4-2-6/h2*3-8H2,1-2H3;5-6H,1-4H2. The average molecular weight is 335 g/mol. The van der Waals surface area contributed by atoms with Crippen LogP contribution in [0.5, 0.6) is 0 Å². The zero-order valence-corrected chi connectivity index (χ0v) is 16.6. The van der Waals surface area contributed by atoms with Crippen molar-refractivity contribution in [3.8, 4) is 0 Å². The fourth-order valence-electron chi connectivity index (χ4n) is 1.94. The molecule has 23 heavy (non-hydrogen) atoms. The molecule has 0 heterocycles. The number of ether oxygens (including phenoxy) is 1. The van der Waals surface area contributed by atoms with Gasteiger partial charge in [0, 0.05) is 0 Å². The van der Waals surface area contributed by atoms with E-state index >= 15 is 0 Å². The van der Waals surface area contributed by atoms with Crippen LogP contribution in [-0.2, 0) is 4.74 Å². The minimum absolute atomic E-state index is 0.0278. The molecule has 0 aliphatic heterocycles. The van der Waals surface area contributed by atoms with Gasteiger partial charge in [-0.05, 0) is 0 Å². The molecule has 0 spiro atoms. The van der Waals surface area contributed by atoms with Crippen molar-refractivity contribution in [3.63, 3.8) is 0 Å². The summed E-state index contributed by atoms with van der Waals surface area (Å²) in [6.45, 7) is 9.72. The van der Waals surface area contributed by atoms with Gasteiger partial charge in [-0.25, -0.2) is 0 Å². The van der Waals surface area contributed by atoms with Crippen LogP contribution in [0.2, 0.25) is 0 Å². The number of hydrogen-bond donors (Lipinski definition) is 2. The monoisotopic (exact) mass is 334 g/mol. The van der Waals surface area contributed by atoms with Gasteiger partial charge in [0.05, 0.1) is 26.4 Å². The second-order valence-electron chi connectivity index (χ2n) is 5.89. The zero-order chi connectivity index (χ0) is 18.0. The number of hydrogen-bond acceptors (Lipinski definition) is 3. The Labute approximate surface area is 146 Å². The predicted octanol–water partition coefficient (Wildman–Crippen LogP) is 5.72. The molecule has 0 aromatic rings. The highest BCUT2D eigenvalue weighted by molar-refractivity contribution is 4.39. The third kappa shape index (κ3) is 44.9. The molecule has 0 aromatic heterocycles. The van der Waals surface area contributed by atoms with Crippen molar-refractivity contribution in [1.82, 2.24) is 0 Å². The van der Waals surface area contributed by atoms with Crippen molar-refractivity contribution in [2.45, 2.75) is 105 Å². The van der Waals surface area contributed by atoms with Crippen molar-refractivity contribution < 1.29 is 14.9 Å². The highest BCUT2D eigenvalue weighted by Gasteiger charge is 1.84. The van der Waals surface area contributed by atoms with E-state index in [1.165, 1.54) is 77.0 Å². The van der Waals surface area contributed by atoms with E-state index < -0.39 is 0 Å². The number of rotatable bonds is 14. The summed E-state index contributed by atoms with van der Waals surface area (Å²) in [5.41, 5.74) is 0. The van der Waals surface area contributed by atoms with Crippen LogP contribution in [0.1, 0.15) is 105 Å². The van der Waals surface area contributed by atoms with Crippen LogP contribution in [0.4, 0.5) is 0 Å². The first-order chi connectivity index (χ1) is 11.2. The predicted molar refractivity (Wildman–Crippen MR) is 103 cm³/mol. The summed E-state index contributed by atoms with van der Waals surface area (Å²) in [5.74, 6) is 0. The molecule has 0 aromatic carbocycles. The number of aliphatic hydroxyl groups is 2. The third-order valence-electron chi connectivity index (χ3n) is 3.39. The molecule has 0 fully saturated rings. The minimum Gasteiger partial charge on any atom is -0.394 e. The van der Waals surface area contributed by atoms with Gasteiger partial charge in [0.1, 0.15) is 0 Å². The molecule has 144 valence electrons. The summed E-state index contributed by atoms with van der Waals surface area (Å²) < 4.78 is 4.63. The summed E-state index contributed by atoms with van der Waals surface area (Å²) in [5, 5.41) is 16.2. The molecule has 0 atom stereocenters. The molecule has 0 saturated carbocycles. The zero-order valence-electron chi connectivity index (χ0n) is 16.6. The van der Waals surface area contributed by atoms with Gasteiger partial charge in [0.15, 0.2) is 0 Å².